The molecule has 0 radical (unpaired) electrons. The number of rotatable bonds is 5. The van der Waals surface area contributed by atoms with E-state index in [0.29, 0.717) is 5.75 Å². The standard InChI is InChI=1S/C14H14BrNO3S.ClH/c1-16-10-11-9-12(7-8-14(11)15)19-20(17,18)13-5-3-2-4-6-13;/h2-9,16H,10H2,1H3;1H. The van der Waals surface area contributed by atoms with Crippen LogP contribution in [0.3, 0.4) is 0 Å². The van der Waals surface area contributed by atoms with E-state index in [1.54, 1.807) is 36.4 Å². The Hall–Kier alpha value is -1.08. The van der Waals surface area contributed by atoms with Gasteiger partial charge in [0.2, 0.25) is 0 Å². The Morgan fingerprint density at radius 2 is 1.81 bits per heavy atom. The lowest BCUT2D eigenvalue weighted by molar-refractivity contribution is -0.643. The van der Waals surface area contributed by atoms with E-state index in [0.717, 1.165) is 16.6 Å². The monoisotopic (exact) mass is 391 g/mol. The van der Waals surface area contributed by atoms with Crippen LogP contribution in [0, 0.1) is 0 Å². The van der Waals surface area contributed by atoms with Crippen LogP contribution >= 0.6 is 15.9 Å². The van der Waals surface area contributed by atoms with Crippen LogP contribution in [-0.2, 0) is 16.7 Å². The van der Waals surface area contributed by atoms with Crippen molar-refractivity contribution in [1.29, 1.82) is 0 Å². The van der Waals surface area contributed by atoms with Crippen LogP contribution in [0.4, 0.5) is 0 Å². The molecule has 0 aliphatic rings. The smallest absolute Gasteiger partial charge is 0.339 e. The first kappa shape index (κ1) is 18.0. The number of hydrogen-bond donors (Lipinski definition) is 1. The Kier molecular flexibility index (Phi) is 6.67. The molecular weight excluding hydrogens is 378 g/mol. The van der Waals surface area contributed by atoms with Crippen LogP contribution in [0.15, 0.2) is 57.9 Å². The van der Waals surface area contributed by atoms with Crippen molar-refractivity contribution in [2.45, 2.75) is 11.4 Å². The van der Waals surface area contributed by atoms with Crippen LogP contribution in [-0.4, -0.2) is 15.5 Å². The minimum atomic E-state index is -3.78. The molecule has 0 saturated heterocycles. The second-order valence-corrected chi connectivity index (χ2v) is 6.62. The summed E-state index contributed by atoms with van der Waals surface area (Å²) in [5.74, 6) is 0.314. The fourth-order valence-corrected chi connectivity index (χ4v) is 3.09. The predicted octanol–water partition coefficient (Wildman–Crippen LogP) is -1.09. The van der Waals surface area contributed by atoms with Gasteiger partial charge < -0.3 is 21.9 Å². The largest absolute Gasteiger partial charge is 1.00 e. The maximum Gasteiger partial charge on any atom is 0.339 e. The molecule has 0 fully saturated rings. The van der Waals surface area contributed by atoms with Gasteiger partial charge in [-0.15, -0.1) is 0 Å². The van der Waals surface area contributed by atoms with E-state index in [2.05, 4.69) is 15.9 Å². The van der Waals surface area contributed by atoms with Crippen LogP contribution in [0.1, 0.15) is 5.56 Å². The van der Waals surface area contributed by atoms with Crippen LogP contribution in [0.25, 0.3) is 0 Å². The van der Waals surface area contributed by atoms with E-state index in [4.69, 9.17) is 4.18 Å². The maximum atomic E-state index is 12.1. The average molecular weight is 393 g/mol. The highest BCUT2D eigenvalue weighted by Gasteiger charge is 2.16. The molecule has 2 aromatic carbocycles. The fraction of sp³-hybridized carbons (Fsp3) is 0.143. The third-order valence-electron chi connectivity index (χ3n) is 2.68. The molecule has 0 bridgehead atoms. The van der Waals surface area contributed by atoms with Crippen LogP contribution in [0.5, 0.6) is 5.75 Å². The van der Waals surface area contributed by atoms with Crippen molar-refractivity contribution >= 4 is 26.0 Å². The number of nitrogens with two attached hydrogens (primary N) is 1. The van der Waals surface area contributed by atoms with Gasteiger partial charge in [-0.3, -0.25) is 0 Å². The van der Waals surface area contributed by atoms with Gasteiger partial charge in [-0.05, 0) is 30.3 Å². The minimum Gasteiger partial charge on any atom is -1.00 e. The van der Waals surface area contributed by atoms with Crippen molar-refractivity contribution in [2.24, 2.45) is 0 Å². The summed E-state index contributed by atoms with van der Waals surface area (Å²) in [7, 11) is -1.84. The molecule has 0 amide bonds. The first-order chi connectivity index (χ1) is 9.53. The zero-order valence-corrected chi connectivity index (χ0v) is 14.5. The lowest BCUT2D eigenvalue weighted by Crippen LogP contribution is -3.00. The second kappa shape index (κ2) is 7.79. The molecule has 2 aromatic rings. The van der Waals surface area contributed by atoms with E-state index in [9.17, 15) is 8.42 Å². The van der Waals surface area contributed by atoms with E-state index >= 15 is 0 Å². The molecule has 7 heteroatoms. The minimum absolute atomic E-state index is 0. The van der Waals surface area contributed by atoms with Gasteiger partial charge in [0.1, 0.15) is 17.2 Å². The number of hydrogen-bond acceptors (Lipinski definition) is 3. The molecular formula is C14H15BrClNO3S. The van der Waals surface area contributed by atoms with Gasteiger partial charge >= 0.3 is 10.1 Å². The van der Waals surface area contributed by atoms with Crippen molar-refractivity contribution in [3.8, 4) is 5.75 Å². The highest BCUT2D eigenvalue weighted by atomic mass is 79.9. The molecule has 4 nitrogen and oxygen atoms in total. The third-order valence-corrected chi connectivity index (χ3v) is 4.71. The summed E-state index contributed by atoms with van der Waals surface area (Å²) < 4.78 is 30.3. The van der Waals surface area contributed by atoms with Gasteiger partial charge in [-0.2, -0.15) is 8.42 Å². The highest BCUT2D eigenvalue weighted by Crippen LogP contribution is 2.24. The molecule has 2 N–H and O–H groups in total. The third kappa shape index (κ3) is 4.71. The molecule has 0 spiro atoms. The van der Waals surface area contributed by atoms with Crippen molar-refractivity contribution in [2.75, 3.05) is 7.05 Å². The summed E-state index contributed by atoms with van der Waals surface area (Å²) in [5, 5.41) is 2.00. The van der Waals surface area contributed by atoms with Gasteiger partial charge in [0.05, 0.1) is 7.05 Å². The van der Waals surface area contributed by atoms with E-state index in [1.165, 1.54) is 12.1 Å². The number of benzene rings is 2. The molecule has 0 heterocycles. The van der Waals surface area contributed by atoms with Gasteiger partial charge in [0, 0.05) is 10.0 Å². The van der Waals surface area contributed by atoms with Gasteiger partial charge in [0.15, 0.2) is 0 Å². The van der Waals surface area contributed by atoms with Crippen molar-refractivity contribution < 1.29 is 30.3 Å². The van der Waals surface area contributed by atoms with Gasteiger partial charge in [0.25, 0.3) is 0 Å². The van der Waals surface area contributed by atoms with Gasteiger partial charge in [-0.1, -0.05) is 34.1 Å². The molecule has 114 valence electrons. The lowest BCUT2D eigenvalue weighted by Gasteiger charge is -2.09. The Balaban J connectivity index is 0.00000220. The van der Waals surface area contributed by atoms with Crippen molar-refractivity contribution in [1.82, 2.24) is 0 Å². The van der Waals surface area contributed by atoms with Crippen molar-refractivity contribution in [3.63, 3.8) is 0 Å². The van der Waals surface area contributed by atoms with Crippen LogP contribution in [0.2, 0.25) is 0 Å². The van der Waals surface area contributed by atoms with Crippen LogP contribution < -0.4 is 21.9 Å². The molecule has 2 rings (SSSR count). The second-order valence-electron chi connectivity index (χ2n) is 4.22. The summed E-state index contributed by atoms with van der Waals surface area (Å²) in [4.78, 5) is 0.145. The summed E-state index contributed by atoms with van der Waals surface area (Å²) in [6.07, 6.45) is 0. The molecule has 0 aliphatic heterocycles. The Labute approximate surface area is 139 Å². The zero-order chi connectivity index (χ0) is 14.6. The molecule has 0 saturated carbocycles. The molecule has 0 aromatic heterocycles. The Bertz CT molecular complexity index is 693. The topological polar surface area (TPSA) is 60.0 Å². The summed E-state index contributed by atoms with van der Waals surface area (Å²) >= 11 is 3.43. The summed E-state index contributed by atoms with van der Waals surface area (Å²) in [5.41, 5.74) is 0.980. The Morgan fingerprint density at radius 3 is 2.43 bits per heavy atom. The lowest BCUT2D eigenvalue weighted by atomic mass is 10.2. The zero-order valence-electron chi connectivity index (χ0n) is 11.3. The Morgan fingerprint density at radius 1 is 1.14 bits per heavy atom. The molecule has 0 unspecified atom stereocenters. The summed E-state index contributed by atoms with van der Waals surface area (Å²) in [6.45, 7) is 0.739. The van der Waals surface area contributed by atoms with E-state index in [-0.39, 0.29) is 17.3 Å². The normalized spacial score (nSPS) is 10.8. The molecule has 0 aliphatic carbocycles. The quantitative estimate of drug-likeness (QED) is 0.658. The first-order valence-corrected chi connectivity index (χ1v) is 8.29. The number of quaternary nitrogens is 1. The fourth-order valence-electron chi connectivity index (χ4n) is 1.74. The van der Waals surface area contributed by atoms with E-state index < -0.39 is 10.1 Å². The maximum absolute atomic E-state index is 12.1. The highest BCUT2D eigenvalue weighted by molar-refractivity contribution is 9.10. The molecule has 21 heavy (non-hydrogen) atoms. The number of halogens is 2. The summed E-state index contributed by atoms with van der Waals surface area (Å²) in [6, 6.07) is 13.2. The van der Waals surface area contributed by atoms with Gasteiger partial charge in [-0.25, -0.2) is 0 Å². The predicted molar refractivity (Wildman–Crippen MR) is 80.0 cm³/mol. The first-order valence-electron chi connectivity index (χ1n) is 6.09. The van der Waals surface area contributed by atoms with Crippen molar-refractivity contribution in [3.05, 3.63) is 58.6 Å². The molecule has 0 atom stereocenters. The average Bonchev–Trinajstić information content (AvgIpc) is 2.43. The SMILES string of the molecule is C[NH2+]Cc1cc(OS(=O)(=O)c2ccccc2)ccc1Br.[Cl-]. The van der Waals surface area contributed by atoms with E-state index in [1.807, 2.05) is 12.4 Å².